The number of carbonyl (C=O) groups is 2. The van der Waals surface area contributed by atoms with E-state index in [4.69, 9.17) is 16.6 Å². The second-order valence-corrected chi connectivity index (χ2v) is 10.3. The Morgan fingerprint density at radius 2 is 2.03 bits per heavy atom. The lowest BCUT2D eigenvalue weighted by atomic mass is 9.86. The Kier molecular flexibility index (Phi) is 6.88. The molecule has 0 radical (unpaired) electrons. The maximum Gasteiger partial charge on any atom is 0.261 e. The Bertz CT molecular complexity index is 1470. The highest BCUT2D eigenvalue weighted by molar-refractivity contribution is 6.33. The molecular formula is C28H28ClFN6O2. The first-order valence-electron chi connectivity index (χ1n) is 12.5. The van der Waals surface area contributed by atoms with Gasteiger partial charge in [-0.1, -0.05) is 44.2 Å². The lowest BCUT2D eigenvalue weighted by molar-refractivity contribution is -0.128. The van der Waals surface area contributed by atoms with Gasteiger partial charge in [0.25, 0.3) is 5.91 Å². The van der Waals surface area contributed by atoms with E-state index in [9.17, 15) is 14.0 Å². The normalized spacial score (nSPS) is 19.4. The van der Waals surface area contributed by atoms with Crippen LogP contribution in [0.15, 0.2) is 54.2 Å². The number of fused-ring (bicyclic) bond motifs is 1. The number of halogens is 2. The minimum Gasteiger partial charge on any atom is -0.350 e. The zero-order chi connectivity index (χ0) is 27.1. The molecule has 0 aliphatic carbocycles. The van der Waals surface area contributed by atoms with Gasteiger partial charge in [0, 0.05) is 48.1 Å². The lowest BCUT2D eigenvalue weighted by Crippen LogP contribution is -2.56. The molecule has 1 saturated heterocycles. The summed E-state index contributed by atoms with van der Waals surface area (Å²) < 4.78 is 14.8. The van der Waals surface area contributed by atoms with E-state index in [1.165, 1.54) is 12.1 Å². The molecule has 2 atom stereocenters. The number of rotatable bonds is 4. The van der Waals surface area contributed by atoms with E-state index >= 15 is 0 Å². The number of hydrogen-bond acceptors (Lipinski definition) is 5. The minimum absolute atomic E-state index is 0.0722. The van der Waals surface area contributed by atoms with Gasteiger partial charge in [-0.25, -0.2) is 9.37 Å². The summed E-state index contributed by atoms with van der Waals surface area (Å²) in [6.07, 6.45) is 2.93. The van der Waals surface area contributed by atoms with Crippen molar-refractivity contribution in [1.29, 1.82) is 0 Å². The van der Waals surface area contributed by atoms with E-state index in [1.807, 2.05) is 25.7 Å². The molecular weight excluding hydrogens is 507 g/mol. The summed E-state index contributed by atoms with van der Waals surface area (Å²) in [7, 11) is 0. The number of aromatic amines is 1. The Labute approximate surface area is 225 Å². The number of piperazine rings is 1. The van der Waals surface area contributed by atoms with Gasteiger partial charge < -0.3 is 9.80 Å². The van der Waals surface area contributed by atoms with Crippen molar-refractivity contribution in [2.45, 2.75) is 38.6 Å². The van der Waals surface area contributed by atoms with Gasteiger partial charge >= 0.3 is 0 Å². The molecule has 10 heteroatoms. The lowest BCUT2D eigenvalue weighted by Gasteiger charge is -2.42. The molecule has 1 fully saturated rings. The molecule has 2 aliphatic rings. The number of benzene rings is 1. The van der Waals surface area contributed by atoms with Gasteiger partial charge in [-0.15, -0.1) is 0 Å². The minimum atomic E-state index is -0.827. The number of aliphatic imine (C=N–C) groups is 1. The fourth-order valence-corrected chi connectivity index (χ4v) is 5.44. The van der Waals surface area contributed by atoms with Crippen LogP contribution >= 0.6 is 11.6 Å². The van der Waals surface area contributed by atoms with E-state index in [-0.39, 0.29) is 40.1 Å². The number of aromatic nitrogens is 3. The van der Waals surface area contributed by atoms with Gasteiger partial charge in [-0.05, 0) is 37.1 Å². The van der Waals surface area contributed by atoms with Gasteiger partial charge in [0.05, 0.1) is 22.6 Å². The van der Waals surface area contributed by atoms with Crippen molar-refractivity contribution in [2.24, 2.45) is 4.99 Å². The predicted octanol–water partition coefficient (Wildman–Crippen LogP) is 4.53. The first kappa shape index (κ1) is 25.8. The molecule has 1 aromatic carbocycles. The number of pyridine rings is 1. The summed E-state index contributed by atoms with van der Waals surface area (Å²) in [5.41, 5.74) is 3.04. The van der Waals surface area contributed by atoms with Crippen LogP contribution in [0.3, 0.4) is 0 Å². The van der Waals surface area contributed by atoms with Gasteiger partial charge in [-0.3, -0.25) is 14.7 Å². The van der Waals surface area contributed by atoms with Crippen LogP contribution in [0.5, 0.6) is 0 Å². The van der Waals surface area contributed by atoms with Crippen LogP contribution in [0, 0.1) is 5.82 Å². The fraction of sp³-hybridized carbons (Fsp3) is 0.321. The van der Waals surface area contributed by atoms with Gasteiger partial charge in [-0.2, -0.15) is 10.1 Å². The summed E-state index contributed by atoms with van der Waals surface area (Å²) in [5.74, 6) is -1.30. The number of amides is 2. The second kappa shape index (κ2) is 10.1. The zero-order valence-corrected chi connectivity index (χ0v) is 22.2. The van der Waals surface area contributed by atoms with Crippen molar-refractivity contribution in [3.05, 3.63) is 82.5 Å². The van der Waals surface area contributed by atoms with E-state index in [2.05, 4.69) is 21.8 Å². The number of hydrogen-bond donors (Lipinski definition) is 1. The summed E-state index contributed by atoms with van der Waals surface area (Å²) in [5, 5.41) is 7.45. The molecule has 2 aromatic heterocycles. The average Bonchev–Trinajstić information content (AvgIpc) is 3.38. The third-order valence-corrected chi connectivity index (χ3v) is 7.37. The Hall–Kier alpha value is -3.85. The number of nitrogens with one attached hydrogen (secondary N) is 1. The molecule has 0 saturated carbocycles. The molecule has 0 spiro atoms. The number of carbonyl (C=O) groups excluding carboxylic acids is 2. The highest BCUT2D eigenvalue weighted by atomic mass is 35.5. The number of nitrogens with zero attached hydrogens (tertiary/aromatic N) is 5. The Morgan fingerprint density at radius 3 is 2.71 bits per heavy atom. The summed E-state index contributed by atoms with van der Waals surface area (Å²) in [6.45, 7) is 10.9. The number of amidine groups is 1. The summed E-state index contributed by atoms with van der Waals surface area (Å²) >= 11 is 6.71. The number of H-pyrrole nitrogens is 1. The highest BCUT2D eigenvalue weighted by Crippen LogP contribution is 2.39. The van der Waals surface area contributed by atoms with Gasteiger partial charge in [0.2, 0.25) is 5.91 Å². The SMILES string of the molecule is C=CC(=O)N1CCN(C2=NC(=O)C(c3cn[nH]c3C(C)C)c3nc(-c4ccccc4F)c(Cl)cc32)[C@@H](C)C1. The molecule has 2 amide bonds. The van der Waals surface area contributed by atoms with E-state index in [0.717, 1.165) is 5.69 Å². The Balaban J connectivity index is 1.66. The predicted molar refractivity (Wildman–Crippen MR) is 144 cm³/mol. The highest BCUT2D eigenvalue weighted by Gasteiger charge is 2.40. The molecule has 1 unspecified atom stereocenters. The van der Waals surface area contributed by atoms with Crippen molar-refractivity contribution < 1.29 is 14.0 Å². The van der Waals surface area contributed by atoms with E-state index in [0.29, 0.717) is 42.3 Å². The molecule has 2 aliphatic heterocycles. The molecule has 8 nitrogen and oxygen atoms in total. The fourth-order valence-electron chi connectivity index (χ4n) is 5.19. The topological polar surface area (TPSA) is 94.5 Å². The van der Waals surface area contributed by atoms with Crippen molar-refractivity contribution in [3.63, 3.8) is 0 Å². The zero-order valence-electron chi connectivity index (χ0n) is 21.4. The molecule has 196 valence electrons. The van der Waals surface area contributed by atoms with Crippen LogP contribution in [0.25, 0.3) is 11.3 Å². The van der Waals surface area contributed by atoms with Crippen molar-refractivity contribution in [3.8, 4) is 11.3 Å². The van der Waals surface area contributed by atoms with Crippen LogP contribution in [0.4, 0.5) is 4.39 Å². The quantitative estimate of drug-likeness (QED) is 0.496. The largest absolute Gasteiger partial charge is 0.350 e. The maximum absolute atomic E-state index is 14.8. The first-order valence-corrected chi connectivity index (χ1v) is 12.9. The van der Waals surface area contributed by atoms with E-state index in [1.54, 1.807) is 35.4 Å². The molecule has 4 heterocycles. The maximum atomic E-state index is 14.8. The summed E-state index contributed by atoms with van der Waals surface area (Å²) in [4.78, 5) is 39.0. The standard InChI is InChI=1S/C28H28ClFN6O2/c1-5-22(37)35-10-11-36(16(4)14-35)27-18-12-20(29)25(17-8-6-7-9-21(17)30)32-26(18)23(28(38)33-27)19-13-31-34-24(19)15(2)3/h5-9,12-13,15-16,23H,1,10-11,14H2,2-4H3,(H,31,34)/t16-,23?/m0/s1. The van der Waals surface area contributed by atoms with Crippen molar-refractivity contribution in [2.75, 3.05) is 19.6 Å². The average molecular weight is 535 g/mol. The second-order valence-electron chi connectivity index (χ2n) is 9.86. The van der Waals surface area contributed by atoms with Gasteiger partial charge in [0.15, 0.2) is 0 Å². The molecule has 38 heavy (non-hydrogen) atoms. The van der Waals surface area contributed by atoms with Crippen LogP contribution in [0.2, 0.25) is 5.02 Å². The van der Waals surface area contributed by atoms with Gasteiger partial charge in [0.1, 0.15) is 17.6 Å². The Morgan fingerprint density at radius 1 is 1.26 bits per heavy atom. The van der Waals surface area contributed by atoms with E-state index < -0.39 is 11.7 Å². The van der Waals surface area contributed by atoms with Crippen LogP contribution in [0.1, 0.15) is 55.1 Å². The summed E-state index contributed by atoms with van der Waals surface area (Å²) in [6, 6.07) is 7.85. The molecule has 3 aromatic rings. The van der Waals surface area contributed by atoms with Crippen molar-refractivity contribution in [1.82, 2.24) is 25.0 Å². The van der Waals surface area contributed by atoms with Crippen LogP contribution in [-0.2, 0) is 9.59 Å². The monoisotopic (exact) mass is 534 g/mol. The van der Waals surface area contributed by atoms with Crippen molar-refractivity contribution >= 4 is 29.3 Å². The molecule has 1 N–H and O–H groups in total. The third kappa shape index (κ3) is 4.41. The first-order chi connectivity index (χ1) is 18.2. The van der Waals surface area contributed by atoms with Crippen LogP contribution in [-0.4, -0.2) is 68.3 Å². The molecule has 5 rings (SSSR count). The third-order valence-electron chi connectivity index (χ3n) is 7.09. The molecule has 0 bridgehead atoms. The van der Waals surface area contributed by atoms with Crippen LogP contribution < -0.4 is 0 Å². The smallest absolute Gasteiger partial charge is 0.261 e.